The first-order valence-corrected chi connectivity index (χ1v) is 3.85. The zero-order chi connectivity index (χ0) is 8.65. The van der Waals surface area contributed by atoms with Crippen molar-refractivity contribution in [1.29, 1.82) is 0 Å². The number of ether oxygens (including phenoxy) is 1. The van der Waals surface area contributed by atoms with E-state index in [2.05, 4.69) is 0 Å². The van der Waals surface area contributed by atoms with E-state index in [4.69, 9.17) is 9.84 Å². The normalized spacial score (nSPS) is 44.3. The van der Waals surface area contributed by atoms with Gasteiger partial charge in [-0.1, -0.05) is 0 Å². The Morgan fingerprint density at radius 1 is 1.64 bits per heavy atom. The molecule has 0 aliphatic carbocycles. The summed E-state index contributed by atoms with van der Waals surface area (Å²) in [4.78, 5) is 10.8. The van der Waals surface area contributed by atoms with Crippen molar-refractivity contribution in [2.75, 3.05) is 0 Å². The van der Waals surface area contributed by atoms with E-state index >= 15 is 0 Å². The van der Waals surface area contributed by atoms with Crippen molar-refractivity contribution < 1.29 is 14.6 Å². The Morgan fingerprint density at radius 2 is 2.18 bits per heavy atom. The molecular formula is C8H14O3. The summed E-state index contributed by atoms with van der Waals surface area (Å²) >= 11 is 0. The smallest absolute Gasteiger partial charge is 0.312 e. The van der Waals surface area contributed by atoms with Crippen molar-refractivity contribution in [1.82, 2.24) is 0 Å². The molecule has 0 bridgehead atoms. The summed E-state index contributed by atoms with van der Waals surface area (Å²) in [6.07, 6.45) is 0.518. The summed E-state index contributed by atoms with van der Waals surface area (Å²) in [7, 11) is 0. The Labute approximate surface area is 66.4 Å². The van der Waals surface area contributed by atoms with Gasteiger partial charge in [-0.3, -0.25) is 4.79 Å². The summed E-state index contributed by atoms with van der Waals surface area (Å²) < 4.78 is 5.36. The van der Waals surface area contributed by atoms with E-state index in [-0.39, 0.29) is 12.2 Å². The van der Waals surface area contributed by atoms with E-state index < -0.39 is 11.4 Å². The van der Waals surface area contributed by atoms with Gasteiger partial charge in [-0.15, -0.1) is 0 Å². The third kappa shape index (κ3) is 1.25. The molecule has 0 saturated carbocycles. The van der Waals surface area contributed by atoms with Crippen LogP contribution in [0.3, 0.4) is 0 Å². The predicted molar refractivity (Wildman–Crippen MR) is 40.4 cm³/mol. The van der Waals surface area contributed by atoms with Gasteiger partial charge >= 0.3 is 5.97 Å². The molecule has 3 heteroatoms. The van der Waals surface area contributed by atoms with Crippen LogP contribution in [0.2, 0.25) is 0 Å². The van der Waals surface area contributed by atoms with Crippen molar-refractivity contribution in [3.8, 4) is 0 Å². The Morgan fingerprint density at radius 3 is 2.36 bits per heavy atom. The van der Waals surface area contributed by atoms with Crippen molar-refractivity contribution >= 4 is 5.97 Å². The lowest BCUT2D eigenvalue weighted by Crippen LogP contribution is -2.33. The van der Waals surface area contributed by atoms with Crippen molar-refractivity contribution in [2.24, 2.45) is 5.41 Å². The monoisotopic (exact) mass is 158 g/mol. The first-order valence-electron chi connectivity index (χ1n) is 3.85. The molecule has 1 fully saturated rings. The fraction of sp³-hybridized carbons (Fsp3) is 0.875. The number of carboxylic acids is 1. The summed E-state index contributed by atoms with van der Waals surface area (Å²) in [6.45, 7) is 5.46. The fourth-order valence-corrected chi connectivity index (χ4v) is 1.57. The van der Waals surface area contributed by atoms with Crippen LogP contribution in [-0.4, -0.2) is 23.3 Å². The van der Waals surface area contributed by atoms with Gasteiger partial charge in [0.2, 0.25) is 0 Å². The van der Waals surface area contributed by atoms with Crippen molar-refractivity contribution in [3.63, 3.8) is 0 Å². The molecule has 0 unspecified atom stereocenters. The van der Waals surface area contributed by atoms with Gasteiger partial charge in [0, 0.05) is 0 Å². The fourth-order valence-electron chi connectivity index (χ4n) is 1.57. The third-order valence-electron chi connectivity index (χ3n) is 2.53. The van der Waals surface area contributed by atoms with Crippen LogP contribution in [0.4, 0.5) is 0 Å². The average Bonchev–Trinajstić information content (AvgIpc) is 2.08. The van der Waals surface area contributed by atoms with Crippen LogP contribution in [-0.2, 0) is 9.53 Å². The van der Waals surface area contributed by atoms with Gasteiger partial charge < -0.3 is 9.84 Å². The van der Waals surface area contributed by atoms with Crippen LogP contribution in [0.1, 0.15) is 27.2 Å². The van der Waals surface area contributed by atoms with Crippen LogP contribution in [0.25, 0.3) is 0 Å². The van der Waals surface area contributed by atoms with E-state index in [1.807, 2.05) is 13.8 Å². The van der Waals surface area contributed by atoms with Gasteiger partial charge in [0.05, 0.1) is 17.6 Å². The van der Waals surface area contributed by atoms with Crippen LogP contribution < -0.4 is 0 Å². The lowest BCUT2D eigenvalue weighted by atomic mass is 9.83. The molecule has 1 rings (SSSR count). The highest BCUT2D eigenvalue weighted by atomic mass is 16.5. The molecule has 0 radical (unpaired) electrons. The number of hydrogen-bond donors (Lipinski definition) is 1. The minimum absolute atomic E-state index is 0.0751. The predicted octanol–water partition coefficient (Wildman–Crippen LogP) is 1.27. The van der Waals surface area contributed by atoms with E-state index in [0.717, 1.165) is 0 Å². The van der Waals surface area contributed by atoms with Gasteiger partial charge in [0.15, 0.2) is 0 Å². The number of rotatable bonds is 1. The third-order valence-corrected chi connectivity index (χ3v) is 2.53. The lowest BCUT2D eigenvalue weighted by molar-refractivity contribution is -0.150. The van der Waals surface area contributed by atoms with Crippen molar-refractivity contribution in [3.05, 3.63) is 0 Å². The Hall–Kier alpha value is -0.570. The molecule has 1 aliphatic rings. The quantitative estimate of drug-likeness (QED) is 0.625. The highest BCUT2D eigenvalue weighted by Gasteiger charge is 2.46. The topological polar surface area (TPSA) is 46.5 Å². The maximum Gasteiger partial charge on any atom is 0.312 e. The highest BCUT2D eigenvalue weighted by molar-refractivity contribution is 5.75. The summed E-state index contributed by atoms with van der Waals surface area (Å²) in [5.74, 6) is -0.755. The molecule has 11 heavy (non-hydrogen) atoms. The Bertz CT molecular complexity index is 178. The first-order chi connectivity index (χ1) is 4.97. The molecule has 1 N–H and O–H groups in total. The maximum absolute atomic E-state index is 10.8. The average molecular weight is 158 g/mol. The molecule has 0 amide bonds. The van der Waals surface area contributed by atoms with Crippen LogP contribution >= 0.6 is 0 Å². The largest absolute Gasteiger partial charge is 0.481 e. The highest BCUT2D eigenvalue weighted by Crippen LogP contribution is 2.38. The minimum atomic E-state index is -0.755. The van der Waals surface area contributed by atoms with E-state index in [1.54, 1.807) is 6.92 Å². The van der Waals surface area contributed by atoms with Crippen LogP contribution in [0, 0.1) is 5.41 Å². The number of carbonyl (C=O) groups is 1. The van der Waals surface area contributed by atoms with Crippen LogP contribution in [0.5, 0.6) is 0 Å². The molecule has 64 valence electrons. The SMILES string of the molecule is C[C@@H]1C[C@](C)(C(=O)O)[C@H](C)O1. The second kappa shape index (κ2) is 2.48. The molecule has 0 aromatic rings. The maximum atomic E-state index is 10.8. The second-order valence-corrected chi connectivity index (χ2v) is 3.52. The van der Waals surface area contributed by atoms with Gasteiger partial charge in [0.1, 0.15) is 0 Å². The van der Waals surface area contributed by atoms with Gasteiger partial charge in [-0.25, -0.2) is 0 Å². The molecule has 3 atom stereocenters. The minimum Gasteiger partial charge on any atom is -0.481 e. The van der Waals surface area contributed by atoms with E-state index in [9.17, 15) is 4.79 Å². The van der Waals surface area contributed by atoms with Gasteiger partial charge in [0.25, 0.3) is 0 Å². The second-order valence-electron chi connectivity index (χ2n) is 3.52. The summed E-state index contributed by atoms with van der Waals surface area (Å²) in [5, 5.41) is 8.88. The number of aliphatic carboxylic acids is 1. The molecule has 0 spiro atoms. The zero-order valence-corrected chi connectivity index (χ0v) is 7.13. The molecule has 1 saturated heterocycles. The molecule has 3 nitrogen and oxygen atoms in total. The summed E-state index contributed by atoms with van der Waals surface area (Å²) in [5.41, 5.74) is -0.681. The molecule has 0 aromatic heterocycles. The molecule has 1 aliphatic heterocycles. The summed E-state index contributed by atoms with van der Waals surface area (Å²) in [6, 6.07) is 0. The number of hydrogen-bond acceptors (Lipinski definition) is 2. The molecule has 0 aromatic carbocycles. The Kier molecular flexibility index (Phi) is 1.92. The standard InChI is InChI=1S/C8H14O3/c1-5-4-8(3,7(9)10)6(2)11-5/h5-6H,4H2,1-3H3,(H,9,10)/t5-,6+,8+/m1/s1. The van der Waals surface area contributed by atoms with Gasteiger partial charge in [-0.05, 0) is 27.2 Å². The van der Waals surface area contributed by atoms with E-state index in [1.165, 1.54) is 0 Å². The molecule has 1 heterocycles. The number of carboxylic acid groups (broad SMARTS) is 1. The van der Waals surface area contributed by atoms with Crippen LogP contribution in [0.15, 0.2) is 0 Å². The van der Waals surface area contributed by atoms with Crippen molar-refractivity contribution in [2.45, 2.75) is 39.4 Å². The van der Waals surface area contributed by atoms with E-state index in [0.29, 0.717) is 6.42 Å². The lowest BCUT2D eigenvalue weighted by Gasteiger charge is -2.21. The first kappa shape index (κ1) is 8.53. The Balaban J connectivity index is 2.79. The van der Waals surface area contributed by atoms with Gasteiger partial charge in [-0.2, -0.15) is 0 Å². The molecular weight excluding hydrogens is 144 g/mol. The zero-order valence-electron chi connectivity index (χ0n) is 7.13.